The summed E-state index contributed by atoms with van der Waals surface area (Å²) in [7, 11) is -0.327. The standard InChI is InChI=1S/C13H16BNO2S/c1-12(2)13(3,4)17-14(16-12)10-7-9-5-6-18-11(9)15-8-10/h5-8H,1-4H3. The number of rotatable bonds is 1. The fraction of sp³-hybridized carbons (Fsp3) is 0.462. The van der Waals surface area contributed by atoms with Gasteiger partial charge in [-0.15, -0.1) is 11.3 Å². The quantitative estimate of drug-likeness (QED) is 0.739. The van der Waals surface area contributed by atoms with Crippen LogP contribution in [0.2, 0.25) is 0 Å². The second kappa shape index (κ2) is 3.79. The Bertz CT molecular complexity index is 577. The first-order chi connectivity index (χ1) is 8.39. The Balaban J connectivity index is 1.96. The van der Waals surface area contributed by atoms with Gasteiger partial charge in [0.25, 0.3) is 0 Å². The molecule has 0 atom stereocenters. The molecule has 1 fully saturated rings. The van der Waals surface area contributed by atoms with Crippen LogP contribution in [-0.4, -0.2) is 23.3 Å². The summed E-state index contributed by atoms with van der Waals surface area (Å²) in [6, 6.07) is 4.17. The van der Waals surface area contributed by atoms with Gasteiger partial charge in [0.05, 0.1) is 11.2 Å². The van der Waals surface area contributed by atoms with Gasteiger partial charge in [-0.05, 0) is 39.1 Å². The lowest BCUT2D eigenvalue weighted by molar-refractivity contribution is 0.00578. The minimum atomic E-state index is -0.327. The van der Waals surface area contributed by atoms with E-state index in [1.54, 1.807) is 11.3 Å². The summed E-state index contributed by atoms with van der Waals surface area (Å²) < 4.78 is 12.0. The molecule has 0 amide bonds. The van der Waals surface area contributed by atoms with Crippen LogP contribution in [0.5, 0.6) is 0 Å². The Morgan fingerprint density at radius 2 is 1.83 bits per heavy atom. The smallest absolute Gasteiger partial charge is 0.399 e. The predicted octanol–water partition coefficient (Wildman–Crippen LogP) is 2.60. The molecule has 0 bridgehead atoms. The van der Waals surface area contributed by atoms with E-state index < -0.39 is 0 Å². The molecule has 3 rings (SSSR count). The summed E-state index contributed by atoms with van der Waals surface area (Å²) in [5.74, 6) is 0. The van der Waals surface area contributed by atoms with Gasteiger partial charge >= 0.3 is 7.12 Å². The van der Waals surface area contributed by atoms with E-state index in [0.29, 0.717) is 0 Å². The molecule has 2 aromatic heterocycles. The van der Waals surface area contributed by atoms with E-state index in [2.05, 4.69) is 44.8 Å². The summed E-state index contributed by atoms with van der Waals surface area (Å²) in [6.07, 6.45) is 1.85. The number of hydrogen-bond acceptors (Lipinski definition) is 4. The summed E-state index contributed by atoms with van der Waals surface area (Å²) in [5, 5.41) is 3.19. The summed E-state index contributed by atoms with van der Waals surface area (Å²) in [4.78, 5) is 5.49. The highest BCUT2D eigenvalue weighted by molar-refractivity contribution is 7.16. The maximum atomic E-state index is 6.02. The Labute approximate surface area is 111 Å². The van der Waals surface area contributed by atoms with Gasteiger partial charge in [0.15, 0.2) is 0 Å². The van der Waals surface area contributed by atoms with Crippen LogP contribution in [0, 0.1) is 0 Å². The van der Waals surface area contributed by atoms with Crippen molar-refractivity contribution in [1.29, 1.82) is 0 Å². The maximum Gasteiger partial charge on any atom is 0.496 e. The molecule has 5 heteroatoms. The number of aromatic nitrogens is 1. The van der Waals surface area contributed by atoms with Crippen LogP contribution < -0.4 is 5.46 Å². The zero-order valence-electron chi connectivity index (χ0n) is 11.1. The van der Waals surface area contributed by atoms with Gasteiger partial charge in [-0.1, -0.05) is 6.07 Å². The molecule has 0 radical (unpaired) electrons. The van der Waals surface area contributed by atoms with Crippen molar-refractivity contribution in [2.24, 2.45) is 0 Å². The molecule has 0 N–H and O–H groups in total. The van der Waals surface area contributed by atoms with E-state index in [1.165, 1.54) is 0 Å². The highest BCUT2D eigenvalue weighted by Gasteiger charge is 2.51. The van der Waals surface area contributed by atoms with Crippen molar-refractivity contribution >= 4 is 34.1 Å². The lowest BCUT2D eigenvalue weighted by Crippen LogP contribution is -2.41. The Kier molecular flexibility index (Phi) is 2.56. The highest BCUT2D eigenvalue weighted by Crippen LogP contribution is 2.36. The van der Waals surface area contributed by atoms with Gasteiger partial charge < -0.3 is 9.31 Å². The Morgan fingerprint density at radius 1 is 1.17 bits per heavy atom. The number of thiophene rings is 1. The first-order valence-corrected chi connectivity index (χ1v) is 6.96. The SMILES string of the molecule is CC1(C)OB(c2cnc3sccc3c2)OC1(C)C. The molecule has 0 spiro atoms. The summed E-state index contributed by atoms with van der Waals surface area (Å²) >= 11 is 1.65. The molecule has 3 heterocycles. The minimum Gasteiger partial charge on any atom is -0.399 e. The summed E-state index contributed by atoms with van der Waals surface area (Å²) in [5.41, 5.74) is 0.377. The van der Waals surface area contributed by atoms with Crippen LogP contribution in [0.25, 0.3) is 10.2 Å². The normalized spacial score (nSPS) is 21.7. The van der Waals surface area contributed by atoms with E-state index in [1.807, 2.05) is 11.6 Å². The monoisotopic (exact) mass is 261 g/mol. The fourth-order valence-corrected chi connectivity index (χ4v) is 2.70. The van der Waals surface area contributed by atoms with Gasteiger partial charge in [0, 0.05) is 17.0 Å². The number of nitrogens with zero attached hydrogens (tertiary/aromatic N) is 1. The van der Waals surface area contributed by atoms with Gasteiger partial charge in [-0.3, -0.25) is 0 Å². The second-order valence-electron chi connectivity index (χ2n) is 5.67. The van der Waals surface area contributed by atoms with E-state index in [0.717, 1.165) is 15.7 Å². The molecular weight excluding hydrogens is 245 g/mol. The van der Waals surface area contributed by atoms with E-state index in [4.69, 9.17) is 9.31 Å². The first kappa shape index (κ1) is 12.1. The van der Waals surface area contributed by atoms with Crippen molar-refractivity contribution in [3.05, 3.63) is 23.7 Å². The van der Waals surface area contributed by atoms with Crippen molar-refractivity contribution in [3.63, 3.8) is 0 Å². The average Bonchev–Trinajstić information content (AvgIpc) is 2.80. The van der Waals surface area contributed by atoms with Gasteiger partial charge in [0.2, 0.25) is 0 Å². The number of fused-ring (bicyclic) bond motifs is 1. The third-order valence-electron chi connectivity index (χ3n) is 3.85. The molecule has 0 unspecified atom stereocenters. The predicted molar refractivity (Wildman–Crippen MR) is 75.3 cm³/mol. The van der Waals surface area contributed by atoms with Crippen LogP contribution in [0.3, 0.4) is 0 Å². The second-order valence-corrected chi connectivity index (χ2v) is 6.57. The minimum absolute atomic E-state index is 0.304. The van der Waals surface area contributed by atoms with Crippen molar-refractivity contribution < 1.29 is 9.31 Å². The molecule has 2 aromatic rings. The van der Waals surface area contributed by atoms with Crippen LogP contribution in [0.4, 0.5) is 0 Å². The van der Waals surface area contributed by atoms with Gasteiger partial charge in [-0.2, -0.15) is 0 Å². The molecule has 18 heavy (non-hydrogen) atoms. The number of hydrogen-bond donors (Lipinski definition) is 0. The van der Waals surface area contributed by atoms with Crippen molar-refractivity contribution in [1.82, 2.24) is 4.98 Å². The highest BCUT2D eigenvalue weighted by atomic mass is 32.1. The molecule has 3 nitrogen and oxygen atoms in total. The van der Waals surface area contributed by atoms with E-state index >= 15 is 0 Å². The molecule has 0 aromatic carbocycles. The Hall–Kier alpha value is -0.905. The topological polar surface area (TPSA) is 31.4 Å². The summed E-state index contributed by atoms with van der Waals surface area (Å²) in [6.45, 7) is 8.24. The molecular formula is C13H16BNO2S. The van der Waals surface area contributed by atoms with E-state index in [9.17, 15) is 0 Å². The molecule has 1 aliphatic rings. The van der Waals surface area contributed by atoms with Crippen molar-refractivity contribution in [2.75, 3.05) is 0 Å². The lowest BCUT2D eigenvalue weighted by Gasteiger charge is -2.32. The van der Waals surface area contributed by atoms with Crippen LogP contribution in [0.1, 0.15) is 27.7 Å². The largest absolute Gasteiger partial charge is 0.496 e. The number of pyridine rings is 1. The van der Waals surface area contributed by atoms with Crippen molar-refractivity contribution in [2.45, 2.75) is 38.9 Å². The molecule has 0 saturated carbocycles. The van der Waals surface area contributed by atoms with Crippen LogP contribution in [0.15, 0.2) is 23.7 Å². The van der Waals surface area contributed by atoms with Crippen LogP contribution >= 0.6 is 11.3 Å². The van der Waals surface area contributed by atoms with Gasteiger partial charge in [0.1, 0.15) is 4.83 Å². The third kappa shape index (κ3) is 1.78. The molecule has 1 aliphatic heterocycles. The maximum absolute atomic E-state index is 6.02. The molecule has 94 valence electrons. The average molecular weight is 261 g/mol. The molecule has 0 aliphatic carbocycles. The zero-order chi connectivity index (χ0) is 13.0. The lowest BCUT2D eigenvalue weighted by atomic mass is 9.80. The van der Waals surface area contributed by atoms with Crippen LogP contribution in [-0.2, 0) is 9.31 Å². The fourth-order valence-electron chi connectivity index (χ4n) is 1.98. The third-order valence-corrected chi connectivity index (χ3v) is 4.69. The van der Waals surface area contributed by atoms with Gasteiger partial charge in [-0.25, -0.2) is 4.98 Å². The zero-order valence-corrected chi connectivity index (χ0v) is 11.9. The van der Waals surface area contributed by atoms with E-state index in [-0.39, 0.29) is 18.3 Å². The van der Waals surface area contributed by atoms with Crippen molar-refractivity contribution in [3.8, 4) is 0 Å². The first-order valence-electron chi connectivity index (χ1n) is 6.08. The Morgan fingerprint density at radius 3 is 2.50 bits per heavy atom. The molecule has 1 saturated heterocycles.